The van der Waals surface area contributed by atoms with E-state index in [4.69, 9.17) is 11.6 Å². The topological polar surface area (TPSA) is 30.7 Å². The minimum atomic E-state index is -0.921. The molecule has 0 radical (unpaired) electrons. The van der Waals surface area contributed by atoms with Crippen molar-refractivity contribution < 1.29 is 13.2 Å². The number of benzene rings is 3. The van der Waals surface area contributed by atoms with Gasteiger partial charge in [0, 0.05) is 16.9 Å². The lowest BCUT2D eigenvalue weighted by Gasteiger charge is -2.12. The molecule has 0 fully saturated rings. The minimum Gasteiger partial charge on any atom is -0.267 e. The number of nitrogens with zero attached hydrogens (tertiary/aromatic N) is 3. The number of aromatic nitrogens is 3. The van der Waals surface area contributed by atoms with Crippen LogP contribution in [0.4, 0.5) is 13.2 Å². The molecule has 0 aliphatic rings. The van der Waals surface area contributed by atoms with E-state index < -0.39 is 17.5 Å². The summed E-state index contributed by atoms with van der Waals surface area (Å²) in [6, 6.07) is 17.2. The molecule has 0 unspecified atom stereocenters. The van der Waals surface area contributed by atoms with E-state index in [9.17, 15) is 13.2 Å². The quantitative estimate of drug-likeness (QED) is 0.347. The molecular weight excluding hydrogens is 419 g/mol. The highest BCUT2D eigenvalue weighted by molar-refractivity contribution is 7.98. The van der Waals surface area contributed by atoms with Crippen LogP contribution >= 0.6 is 23.4 Å². The molecule has 3 nitrogen and oxygen atoms in total. The van der Waals surface area contributed by atoms with Gasteiger partial charge in [0.2, 0.25) is 0 Å². The summed E-state index contributed by atoms with van der Waals surface area (Å²) in [6.45, 7) is 0. The fourth-order valence-electron chi connectivity index (χ4n) is 2.83. The first-order valence-corrected chi connectivity index (χ1v) is 9.93. The first-order chi connectivity index (χ1) is 14.1. The maximum Gasteiger partial charge on any atom is 0.196 e. The van der Waals surface area contributed by atoms with E-state index in [-0.39, 0.29) is 17.0 Å². The monoisotopic (exact) mass is 431 g/mol. The Kier molecular flexibility index (Phi) is 5.60. The first-order valence-electron chi connectivity index (χ1n) is 8.57. The predicted molar refractivity (Wildman–Crippen MR) is 108 cm³/mol. The van der Waals surface area contributed by atoms with Gasteiger partial charge in [-0.25, -0.2) is 13.2 Å². The number of hydrogen-bond acceptors (Lipinski definition) is 3. The zero-order valence-corrected chi connectivity index (χ0v) is 16.4. The highest BCUT2D eigenvalue weighted by Crippen LogP contribution is 2.34. The fraction of sp³-hybridized carbons (Fsp3) is 0.0476. The van der Waals surface area contributed by atoms with Crippen molar-refractivity contribution in [3.63, 3.8) is 0 Å². The molecule has 0 aliphatic heterocycles. The van der Waals surface area contributed by atoms with Crippen LogP contribution in [0.1, 0.15) is 5.56 Å². The number of rotatable bonds is 5. The van der Waals surface area contributed by atoms with Crippen molar-refractivity contribution >= 4 is 23.4 Å². The van der Waals surface area contributed by atoms with Gasteiger partial charge in [-0.15, -0.1) is 10.2 Å². The van der Waals surface area contributed by atoms with Gasteiger partial charge in [0.05, 0.1) is 10.7 Å². The lowest BCUT2D eigenvalue weighted by atomic mass is 10.2. The van der Waals surface area contributed by atoms with Gasteiger partial charge in [-0.05, 0) is 30.3 Å². The standard InChI is InChI=1S/C21H13ClF3N3S/c22-15-8-2-1-7-14(15)20-26-27-21(28(20)18-11-4-3-9-16(18)23)29-12-13-6-5-10-17(24)19(13)25/h1-11H,12H2. The van der Waals surface area contributed by atoms with Crippen molar-refractivity contribution in [1.82, 2.24) is 14.8 Å². The second-order valence-corrected chi connectivity index (χ2v) is 7.42. The highest BCUT2D eigenvalue weighted by Gasteiger charge is 2.20. The van der Waals surface area contributed by atoms with Crippen LogP contribution in [0.5, 0.6) is 0 Å². The summed E-state index contributed by atoms with van der Waals surface area (Å²) in [7, 11) is 0. The molecule has 1 aromatic heterocycles. The third-order valence-electron chi connectivity index (χ3n) is 4.23. The molecule has 0 atom stereocenters. The van der Waals surface area contributed by atoms with Crippen LogP contribution in [-0.4, -0.2) is 14.8 Å². The number of halogens is 4. The van der Waals surface area contributed by atoms with Gasteiger partial charge in [-0.2, -0.15) is 0 Å². The van der Waals surface area contributed by atoms with Crippen molar-refractivity contribution in [2.75, 3.05) is 0 Å². The van der Waals surface area contributed by atoms with Crippen LogP contribution in [-0.2, 0) is 5.75 Å². The Labute approximate surface area is 174 Å². The molecule has 0 saturated heterocycles. The summed E-state index contributed by atoms with van der Waals surface area (Å²) >= 11 is 7.43. The number of thioether (sulfide) groups is 1. The molecule has 1 heterocycles. The number of hydrogen-bond donors (Lipinski definition) is 0. The van der Waals surface area contributed by atoms with Crippen molar-refractivity contribution in [3.8, 4) is 17.1 Å². The summed E-state index contributed by atoms with van der Waals surface area (Å²) in [5, 5.41) is 9.11. The number of para-hydroxylation sites is 1. The third kappa shape index (κ3) is 3.88. The molecule has 0 N–H and O–H groups in total. The molecule has 4 rings (SSSR count). The Morgan fingerprint density at radius 1 is 0.828 bits per heavy atom. The van der Waals surface area contributed by atoms with E-state index in [0.29, 0.717) is 21.6 Å². The minimum absolute atomic E-state index is 0.0959. The smallest absolute Gasteiger partial charge is 0.196 e. The van der Waals surface area contributed by atoms with E-state index in [1.165, 1.54) is 22.8 Å². The molecule has 8 heteroatoms. The van der Waals surface area contributed by atoms with Gasteiger partial charge >= 0.3 is 0 Å². The van der Waals surface area contributed by atoms with Crippen molar-refractivity contribution in [1.29, 1.82) is 0 Å². The molecule has 0 aliphatic carbocycles. The Hall–Kier alpha value is -2.77. The lowest BCUT2D eigenvalue weighted by Crippen LogP contribution is -2.03. The second-order valence-electron chi connectivity index (χ2n) is 6.07. The Balaban J connectivity index is 1.80. The van der Waals surface area contributed by atoms with Gasteiger partial charge in [0.15, 0.2) is 22.6 Å². The largest absolute Gasteiger partial charge is 0.267 e. The van der Waals surface area contributed by atoms with Gasteiger partial charge in [0.1, 0.15) is 5.82 Å². The summed E-state index contributed by atoms with van der Waals surface area (Å²) in [5.74, 6) is -1.86. The lowest BCUT2D eigenvalue weighted by molar-refractivity contribution is 0.502. The van der Waals surface area contributed by atoms with E-state index in [0.717, 1.165) is 17.8 Å². The molecule has 146 valence electrons. The van der Waals surface area contributed by atoms with Crippen molar-refractivity contribution in [3.05, 3.63) is 94.8 Å². The molecule has 29 heavy (non-hydrogen) atoms. The van der Waals surface area contributed by atoms with Crippen LogP contribution in [0.15, 0.2) is 71.9 Å². The van der Waals surface area contributed by atoms with E-state index in [1.54, 1.807) is 42.5 Å². The zero-order valence-electron chi connectivity index (χ0n) is 14.8. The fourth-order valence-corrected chi connectivity index (χ4v) is 3.97. The SMILES string of the molecule is Fc1ccccc1-n1c(SCc2cccc(F)c2F)nnc1-c1ccccc1Cl. The predicted octanol–water partition coefficient (Wildman–Crippen LogP) is 6.30. The van der Waals surface area contributed by atoms with Crippen LogP contribution < -0.4 is 0 Å². The van der Waals surface area contributed by atoms with Gasteiger partial charge in [-0.1, -0.05) is 59.8 Å². The zero-order chi connectivity index (χ0) is 20.4. The average Bonchev–Trinajstić information content (AvgIpc) is 3.13. The molecule has 4 aromatic rings. The Morgan fingerprint density at radius 3 is 2.34 bits per heavy atom. The van der Waals surface area contributed by atoms with Gasteiger partial charge < -0.3 is 0 Å². The molecule has 3 aromatic carbocycles. The van der Waals surface area contributed by atoms with Gasteiger partial charge in [-0.3, -0.25) is 4.57 Å². The average molecular weight is 432 g/mol. The summed E-state index contributed by atoms with van der Waals surface area (Å²) < 4.78 is 43.6. The molecule has 0 saturated carbocycles. The third-order valence-corrected chi connectivity index (χ3v) is 5.54. The summed E-state index contributed by atoms with van der Waals surface area (Å²) in [4.78, 5) is 0. The first kappa shape index (κ1) is 19.5. The summed E-state index contributed by atoms with van der Waals surface area (Å²) in [5.41, 5.74) is 0.987. The van der Waals surface area contributed by atoms with Crippen molar-refractivity contribution in [2.45, 2.75) is 10.9 Å². The Bertz CT molecular complexity index is 1180. The highest BCUT2D eigenvalue weighted by atomic mass is 35.5. The summed E-state index contributed by atoms with van der Waals surface area (Å²) in [6.07, 6.45) is 0. The van der Waals surface area contributed by atoms with Crippen LogP contribution in [0.2, 0.25) is 5.02 Å². The maximum atomic E-state index is 14.6. The van der Waals surface area contributed by atoms with E-state index in [1.807, 2.05) is 0 Å². The molecule has 0 spiro atoms. The van der Waals surface area contributed by atoms with E-state index in [2.05, 4.69) is 10.2 Å². The molecule has 0 amide bonds. The Morgan fingerprint density at radius 2 is 1.55 bits per heavy atom. The normalized spacial score (nSPS) is 11.0. The van der Waals surface area contributed by atoms with Crippen molar-refractivity contribution in [2.24, 2.45) is 0 Å². The maximum absolute atomic E-state index is 14.6. The van der Waals surface area contributed by atoms with Crippen LogP contribution in [0.25, 0.3) is 17.1 Å². The van der Waals surface area contributed by atoms with Crippen LogP contribution in [0.3, 0.4) is 0 Å². The second kappa shape index (κ2) is 8.31. The van der Waals surface area contributed by atoms with E-state index >= 15 is 0 Å². The molecule has 0 bridgehead atoms. The van der Waals surface area contributed by atoms with Crippen LogP contribution in [0, 0.1) is 17.5 Å². The molecular formula is C21H13ClF3N3S. The van der Waals surface area contributed by atoms with Gasteiger partial charge in [0.25, 0.3) is 0 Å².